The molecular weight excluding hydrogens is 232 g/mol. The Morgan fingerprint density at radius 2 is 2.38 bits per heavy atom. The number of nitrogens with zero attached hydrogens (tertiary/aromatic N) is 2. The van der Waals surface area contributed by atoms with Crippen molar-refractivity contribution in [1.29, 1.82) is 0 Å². The zero-order chi connectivity index (χ0) is 12.0. The molecule has 7 heteroatoms. The van der Waals surface area contributed by atoms with E-state index in [1.54, 1.807) is 7.11 Å². The Morgan fingerprint density at radius 1 is 1.62 bits per heavy atom. The topological polar surface area (TPSA) is 85.5 Å². The second-order valence-electron chi connectivity index (χ2n) is 3.41. The van der Waals surface area contributed by atoms with Gasteiger partial charge in [-0.05, 0) is 5.92 Å². The highest BCUT2D eigenvalue weighted by Crippen LogP contribution is 2.17. The van der Waals surface area contributed by atoms with Crippen LogP contribution >= 0.6 is 11.8 Å². The number of carboxylic acid groups (broad SMARTS) is 1. The number of ether oxygens (including phenoxy) is 1. The first kappa shape index (κ1) is 13.0. The lowest BCUT2D eigenvalue weighted by Gasteiger charge is -2.05. The summed E-state index contributed by atoms with van der Waals surface area (Å²) in [5.74, 6) is -0.173. The Labute approximate surface area is 97.4 Å². The molecule has 0 saturated carbocycles. The summed E-state index contributed by atoms with van der Waals surface area (Å²) < 4.78 is 10.3. The average molecular weight is 246 g/mol. The van der Waals surface area contributed by atoms with E-state index >= 15 is 0 Å². The molecule has 1 rings (SSSR count). The zero-order valence-electron chi connectivity index (χ0n) is 9.17. The summed E-state index contributed by atoms with van der Waals surface area (Å²) in [4.78, 5) is 10.3. The fourth-order valence-electron chi connectivity index (χ4n) is 1.14. The lowest BCUT2D eigenvalue weighted by Crippen LogP contribution is -2.07. The molecule has 0 fully saturated rings. The van der Waals surface area contributed by atoms with E-state index in [-0.39, 0.29) is 5.75 Å². The van der Waals surface area contributed by atoms with Crippen molar-refractivity contribution in [2.45, 2.75) is 18.6 Å². The molecule has 1 atom stereocenters. The third kappa shape index (κ3) is 4.63. The van der Waals surface area contributed by atoms with Crippen molar-refractivity contribution in [3.8, 4) is 0 Å². The number of aromatic nitrogens is 2. The highest BCUT2D eigenvalue weighted by molar-refractivity contribution is 7.99. The van der Waals surface area contributed by atoms with Gasteiger partial charge in [0.15, 0.2) is 0 Å². The first-order chi connectivity index (χ1) is 7.61. The van der Waals surface area contributed by atoms with Crippen molar-refractivity contribution in [1.82, 2.24) is 10.2 Å². The lowest BCUT2D eigenvalue weighted by molar-refractivity contribution is -0.133. The summed E-state index contributed by atoms with van der Waals surface area (Å²) in [5.41, 5.74) is 0. The van der Waals surface area contributed by atoms with Crippen molar-refractivity contribution >= 4 is 17.7 Å². The van der Waals surface area contributed by atoms with Crippen LogP contribution in [0.15, 0.2) is 9.64 Å². The first-order valence-corrected chi connectivity index (χ1v) is 5.76. The van der Waals surface area contributed by atoms with Crippen LogP contribution in [0.2, 0.25) is 0 Å². The molecule has 0 amide bonds. The quantitative estimate of drug-likeness (QED) is 0.720. The fourth-order valence-corrected chi connectivity index (χ4v) is 1.64. The summed E-state index contributed by atoms with van der Waals surface area (Å²) in [6, 6.07) is 0. The SMILES string of the molecule is COCC(C)Cc1nnc(SCC(=O)O)o1. The number of thioether (sulfide) groups is 1. The number of methoxy groups -OCH3 is 1. The van der Waals surface area contributed by atoms with E-state index in [0.29, 0.717) is 30.1 Å². The number of carbonyl (C=O) groups is 1. The number of carboxylic acids is 1. The Balaban J connectivity index is 2.41. The normalized spacial score (nSPS) is 12.6. The molecule has 0 bridgehead atoms. The molecule has 1 aromatic rings. The predicted molar refractivity (Wildman–Crippen MR) is 57.4 cm³/mol. The number of hydrogen-bond acceptors (Lipinski definition) is 6. The van der Waals surface area contributed by atoms with Gasteiger partial charge in [-0.3, -0.25) is 4.79 Å². The summed E-state index contributed by atoms with van der Waals surface area (Å²) in [6.07, 6.45) is 0.633. The third-order valence-corrected chi connectivity index (χ3v) is 2.54. The second kappa shape index (κ2) is 6.49. The van der Waals surface area contributed by atoms with Crippen LogP contribution in [0.3, 0.4) is 0 Å². The number of hydrogen-bond donors (Lipinski definition) is 1. The minimum absolute atomic E-state index is 0.0741. The van der Waals surface area contributed by atoms with Crippen LogP contribution in [-0.2, 0) is 16.0 Å². The largest absolute Gasteiger partial charge is 0.481 e. The van der Waals surface area contributed by atoms with Gasteiger partial charge in [-0.2, -0.15) is 0 Å². The van der Waals surface area contributed by atoms with Crippen molar-refractivity contribution in [2.24, 2.45) is 5.92 Å². The maximum absolute atomic E-state index is 10.3. The predicted octanol–water partition coefficient (Wildman–Crippen LogP) is 1.07. The standard InChI is InChI=1S/C9H14N2O4S/c1-6(4-14-2)3-7-10-11-9(15-7)16-5-8(12)13/h6H,3-5H2,1-2H3,(H,12,13). The summed E-state index contributed by atoms with van der Waals surface area (Å²) >= 11 is 1.02. The van der Waals surface area contributed by atoms with Gasteiger partial charge in [0.05, 0.1) is 0 Å². The van der Waals surface area contributed by atoms with Crippen LogP contribution in [0.25, 0.3) is 0 Å². The molecule has 90 valence electrons. The van der Waals surface area contributed by atoms with Crippen LogP contribution in [-0.4, -0.2) is 40.7 Å². The Kier molecular flexibility index (Phi) is 5.27. The van der Waals surface area contributed by atoms with E-state index in [1.165, 1.54) is 0 Å². The molecule has 1 heterocycles. The van der Waals surface area contributed by atoms with Crippen LogP contribution in [0, 0.1) is 5.92 Å². The van der Waals surface area contributed by atoms with Gasteiger partial charge in [-0.15, -0.1) is 10.2 Å². The molecule has 16 heavy (non-hydrogen) atoms. The van der Waals surface area contributed by atoms with Gasteiger partial charge in [0.2, 0.25) is 5.89 Å². The smallest absolute Gasteiger partial charge is 0.314 e. The van der Waals surface area contributed by atoms with E-state index in [2.05, 4.69) is 10.2 Å². The van der Waals surface area contributed by atoms with Crippen LogP contribution in [0.5, 0.6) is 0 Å². The van der Waals surface area contributed by atoms with Crippen molar-refractivity contribution in [3.05, 3.63) is 5.89 Å². The van der Waals surface area contributed by atoms with Gasteiger partial charge in [-0.25, -0.2) is 0 Å². The monoisotopic (exact) mass is 246 g/mol. The fraction of sp³-hybridized carbons (Fsp3) is 0.667. The van der Waals surface area contributed by atoms with Crippen LogP contribution < -0.4 is 0 Å². The van der Waals surface area contributed by atoms with Gasteiger partial charge in [-0.1, -0.05) is 18.7 Å². The maximum atomic E-state index is 10.3. The van der Waals surface area contributed by atoms with Crippen LogP contribution in [0.4, 0.5) is 0 Å². The summed E-state index contributed by atoms with van der Waals surface area (Å²) in [6.45, 7) is 2.64. The molecule has 0 aliphatic carbocycles. The van der Waals surface area contributed by atoms with Gasteiger partial charge < -0.3 is 14.3 Å². The summed E-state index contributed by atoms with van der Waals surface area (Å²) in [5, 5.41) is 16.3. The molecule has 6 nitrogen and oxygen atoms in total. The van der Waals surface area contributed by atoms with E-state index < -0.39 is 5.97 Å². The van der Waals surface area contributed by atoms with Crippen molar-refractivity contribution in [2.75, 3.05) is 19.5 Å². The molecule has 0 saturated heterocycles. The van der Waals surface area contributed by atoms with Crippen molar-refractivity contribution in [3.63, 3.8) is 0 Å². The molecule has 0 aliphatic heterocycles. The number of rotatable bonds is 7. The molecule has 1 N–H and O–H groups in total. The van der Waals surface area contributed by atoms with Gasteiger partial charge >= 0.3 is 5.97 Å². The van der Waals surface area contributed by atoms with Gasteiger partial charge in [0.25, 0.3) is 5.22 Å². The third-order valence-electron chi connectivity index (χ3n) is 1.74. The lowest BCUT2D eigenvalue weighted by atomic mass is 10.1. The molecule has 0 radical (unpaired) electrons. The highest BCUT2D eigenvalue weighted by Gasteiger charge is 2.11. The number of aliphatic carboxylic acids is 1. The minimum atomic E-state index is -0.905. The van der Waals surface area contributed by atoms with Gasteiger partial charge in [0, 0.05) is 20.1 Å². The van der Waals surface area contributed by atoms with E-state index in [1.807, 2.05) is 6.92 Å². The van der Waals surface area contributed by atoms with E-state index in [9.17, 15) is 4.79 Å². The maximum Gasteiger partial charge on any atom is 0.314 e. The molecule has 0 spiro atoms. The molecular formula is C9H14N2O4S. The average Bonchev–Trinajstić information content (AvgIpc) is 2.63. The van der Waals surface area contributed by atoms with E-state index in [0.717, 1.165) is 11.8 Å². The Hall–Kier alpha value is -1.08. The van der Waals surface area contributed by atoms with Crippen LogP contribution in [0.1, 0.15) is 12.8 Å². The zero-order valence-corrected chi connectivity index (χ0v) is 9.99. The summed E-state index contributed by atoms with van der Waals surface area (Å²) in [7, 11) is 1.64. The highest BCUT2D eigenvalue weighted by atomic mass is 32.2. The minimum Gasteiger partial charge on any atom is -0.481 e. The second-order valence-corrected chi connectivity index (χ2v) is 4.34. The Morgan fingerprint density at radius 3 is 3.00 bits per heavy atom. The van der Waals surface area contributed by atoms with E-state index in [4.69, 9.17) is 14.3 Å². The van der Waals surface area contributed by atoms with Crippen molar-refractivity contribution < 1.29 is 19.1 Å². The molecule has 1 aromatic heterocycles. The molecule has 0 aromatic carbocycles. The van der Waals surface area contributed by atoms with Gasteiger partial charge in [0.1, 0.15) is 5.75 Å². The molecule has 1 unspecified atom stereocenters. The Bertz CT molecular complexity index is 342. The first-order valence-electron chi connectivity index (χ1n) is 4.77. The molecule has 0 aliphatic rings.